The van der Waals surface area contributed by atoms with Gasteiger partial charge < -0.3 is 14.2 Å². The molecule has 202 valence electrons. The quantitative estimate of drug-likeness (QED) is 0.171. The van der Waals surface area contributed by atoms with Gasteiger partial charge in [-0.25, -0.2) is 8.42 Å². The van der Waals surface area contributed by atoms with E-state index in [2.05, 4.69) is 6.92 Å². The smallest absolute Gasteiger partial charge is 0.271 e. The van der Waals surface area contributed by atoms with Crippen molar-refractivity contribution in [3.63, 3.8) is 0 Å². The van der Waals surface area contributed by atoms with E-state index in [0.29, 0.717) is 29.4 Å². The standard InChI is InChI=1S/C29H32ClNO6S/c1-4-5-6-10-19-37-27-16-13-22(20-28(27)36-3)14-18-29(32)31(23-15-17-26(35-2)25(30)21-23)38(33,34)24-11-8-7-9-12-24/h7-9,11-18,20-21H,4-6,10,19H2,1-3H3/b18-14+. The van der Waals surface area contributed by atoms with Gasteiger partial charge in [0, 0.05) is 6.08 Å². The zero-order chi connectivity index (χ0) is 27.5. The zero-order valence-electron chi connectivity index (χ0n) is 21.7. The first-order valence-corrected chi connectivity index (χ1v) is 14.1. The molecule has 0 bridgehead atoms. The molecule has 0 radical (unpaired) electrons. The summed E-state index contributed by atoms with van der Waals surface area (Å²) in [5.41, 5.74) is 0.719. The van der Waals surface area contributed by atoms with Crippen LogP contribution in [0.15, 0.2) is 77.7 Å². The number of anilines is 1. The highest BCUT2D eigenvalue weighted by Crippen LogP contribution is 2.33. The van der Waals surface area contributed by atoms with Crippen LogP contribution in [0.1, 0.15) is 38.2 Å². The van der Waals surface area contributed by atoms with Gasteiger partial charge in [0.15, 0.2) is 11.5 Å². The van der Waals surface area contributed by atoms with Crippen molar-refractivity contribution in [3.8, 4) is 17.2 Å². The third-order valence-electron chi connectivity index (χ3n) is 5.71. The predicted molar refractivity (Wildman–Crippen MR) is 151 cm³/mol. The monoisotopic (exact) mass is 557 g/mol. The minimum Gasteiger partial charge on any atom is -0.495 e. The van der Waals surface area contributed by atoms with Gasteiger partial charge >= 0.3 is 0 Å². The van der Waals surface area contributed by atoms with E-state index < -0.39 is 15.9 Å². The molecule has 0 spiro atoms. The number of ether oxygens (including phenoxy) is 3. The molecule has 38 heavy (non-hydrogen) atoms. The average molecular weight is 558 g/mol. The van der Waals surface area contributed by atoms with Crippen LogP contribution in [0.4, 0.5) is 5.69 Å². The molecule has 0 atom stereocenters. The Bertz CT molecular complexity index is 1360. The maximum atomic E-state index is 13.5. The summed E-state index contributed by atoms with van der Waals surface area (Å²) in [7, 11) is -1.25. The van der Waals surface area contributed by atoms with Gasteiger partial charge in [0.05, 0.1) is 36.4 Å². The Morgan fingerprint density at radius 1 is 0.895 bits per heavy atom. The van der Waals surface area contributed by atoms with Gasteiger partial charge in [0.2, 0.25) is 0 Å². The summed E-state index contributed by atoms with van der Waals surface area (Å²) in [6, 6.07) is 17.3. The van der Waals surface area contributed by atoms with Crippen LogP contribution in [0.5, 0.6) is 17.2 Å². The third kappa shape index (κ3) is 7.30. The maximum Gasteiger partial charge on any atom is 0.271 e. The van der Waals surface area contributed by atoms with E-state index in [-0.39, 0.29) is 15.6 Å². The number of hydrogen-bond donors (Lipinski definition) is 0. The lowest BCUT2D eigenvalue weighted by Crippen LogP contribution is -2.35. The van der Waals surface area contributed by atoms with Crippen LogP contribution in [0.2, 0.25) is 5.02 Å². The van der Waals surface area contributed by atoms with E-state index >= 15 is 0 Å². The first kappa shape index (κ1) is 29.1. The Morgan fingerprint density at radius 3 is 2.26 bits per heavy atom. The van der Waals surface area contributed by atoms with E-state index in [1.165, 1.54) is 49.6 Å². The third-order valence-corrected chi connectivity index (χ3v) is 7.75. The first-order valence-electron chi connectivity index (χ1n) is 12.3. The lowest BCUT2D eigenvalue weighted by atomic mass is 10.2. The highest BCUT2D eigenvalue weighted by Gasteiger charge is 2.30. The van der Waals surface area contributed by atoms with Gasteiger partial charge in [0.25, 0.3) is 15.9 Å². The summed E-state index contributed by atoms with van der Waals surface area (Å²) in [6.45, 7) is 2.74. The second-order valence-corrected chi connectivity index (χ2v) is 10.6. The second kappa shape index (κ2) is 13.9. The lowest BCUT2D eigenvalue weighted by molar-refractivity contribution is -0.113. The van der Waals surface area contributed by atoms with Crippen LogP contribution in [-0.2, 0) is 14.8 Å². The zero-order valence-corrected chi connectivity index (χ0v) is 23.3. The van der Waals surface area contributed by atoms with Crippen molar-refractivity contribution in [1.82, 2.24) is 0 Å². The number of unbranched alkanes of at least 4 members (excludes halogenated alkanes) is 3. The Kier molecular flexibility index (Phi) is 10.6. The van der Waals surface area contributed by atoms with Gasteiger partial charge in [-0.3, -0.25) is 4.79 Å². The molecule has 0 aliphatic heterocycles. The van der Waals surface area contributed by atoms with Gasteiger partial charge in [-0.05, 0) is 60.5 Å². The van der Waals surface area contributed by atoms with Gasteiger partial charge in [-0.2, -0.15) is 4.31 Å². The van der Waals surface area contributed by atoms with Crippen LogP contribution in [0.3, 0.4) is 0 Å². The molecule has 3 aromatic carbocycles. The van der Waals surface area contributed by atoms with E-state index in [9.17, 15) is 13.2 Å². The minimum atomic E-state index is -4.24. The van der Waals surface area contributed by atoms with Crippen LogP contribution in [0.25, 0.3) is 6.08 Å². The molecular weight excluding hydrogens is 526 g/mol. The molecule has 0 aliphatic rings. The lowest BCUT2D eigenvalue weighted by Gasteiger charge is -2.22. The van der Waals surface area contributed by atoms with Crippen molar-refractivity contribution in [2.75, 3.05) is 25.1 Å². The molecule has 0 N–H and O–H groups in total. The minimum absolute atomic E-state index is 0.0317. The number of carbonyl (C=O) groups excluding carboxylic acids is 1. The largest absolute Gasteiger partial charge is 0.495 e. The van der Waals surface area contributed by atoms with Crippen LogP contribution in [-0.4, -0.2) is 35.2 Å². The number of benzene rings is 3. The van der Waals surface area contributed by atoms with Crippen molar-refractivity contribution in [3.05, 3.63) is 83.4 Å². The van der Waals surface area contributed by atoms with E-state index in [1.807, 2.05) is 0 Å². The van der Waals surface area contributed by atoms with Crippen molar-refractivity contribution in [1.29, 1.82) is 0 Å². The number of hydrogen-bond acceptors (Lipinski definition) is 6. The summed E-state index contributed by atoms with van der Waals surface area (Å²) in [4.78, 5) is 13.3. The van der Waals surface area contributed by atoms with E-state index in [4.69, 9.17) is 25.8 Å². The number of nitrogens with zero attached hydrogens (tertiary/aromatic N) is 1. The van der Waals surface area contributed by atoms with Crippen molar-refractivity contribution in [2.24, 2.45) is 0 Å². The van der Waals surface area contributed by atoms with E-state index in [1.54, 1.807) is 43.5 Å². The molecule has 0 fully saturated rings. The van der Waals surface area contributed by atoms with Crippen LogP contribution >= 0.6 is 11.6 Å². The van der Waals surface area contributed by atoms with E-state index in [0.717, 1.165) is 30.0 Å². The van der Waals surface area contributed by atoms with Crippen molar-refractivity contribution in [2.45, 2.75) is 37.5 Å². The molecule has 0 heterocycles. The van der Waals surface area contributed by atoms with Crippen molar-refractivity contribution >= 4 is 39.3 Å². The fourth-order valence-electron chi connectivity index (χ4n) is 3.72. The van der Waals surface area contributed by atoms with Crippen molar-refractivity contribution < 1.29 is 27.4 Å². The molecule has 3 aromatic rings. The predicted octanol–water partition coefficient (Wildman–Crippen LogP) is 6.75. The topological polar surface area (TPSA) is 82.1 Å². The average Bonchev–Trinajstić information content (AvgIpc) is 2.92. The Balaban J connectivity index is 1.89. The Morgan fingerprint density at radius 2 is 1.61 bits per heavy atom. The number of carbonyl (C=O) groups is 1. The summed E-state index contributed by atoms with van der Waals surface area (Å²) in [5.74, 6) is 0.708. The number of amides is 1. The number of halogens is 1. The van der Waals surface area contributed by atoms with Crippen LogP contribution < -0.4 is 18.5 Å². The first-order chi connectivity index (χ1) is 18.3. The molecule has 0 unspecified atom stereocenters. The molecular formula is C29H32ClNO6S. The summed E-state index contributed by atoms with van der Waals surface area (Å²) in [5, 5.41) is 0.171. The fourth-order valence-corrected chi connectivity index (χ4v) is 5.37. The Hall–Kier alpha value is -3.49. The molecule has 0 aromatic heterocycles. The summed E-state index contributed by atoms with van der Waals surface area (Å²) < 4.78 is 44.2. The summed E-state index contributed by atoms with van der Waals surface area (Å²) in [6.07, 6.45) is 7.08. The second-order valence-electron chi connectivity index (χ2n) is 8.39. The van der Waals surface area contributed by atoms with Crippen LogP contribution in [0, 0.1) is 0 Å². The molecule has 0 saturated heterocycles. The fraction of sp³-hybridized carbons (Fsp3) is 0.276. The number of methoxy groups -OCH3 is 2. The number of rotatable bonds is 13. The normalized spacial score (nSPS) is 11.4. The molecule has 0 aliphatic carbocycles. The molecule has 1 amide bonds. The highest BCUT2D eigenvalue weighted by molar-refractivity contribution is 7.93. The number of sulfonamides is 1. The molecule has 7 nitrogen and oxygen atoms in total. The summed E-state index contributed by atoms with van der Waals surface area (Å²) >= 11 is 6.26. The Labute approximate surface area is 229 Å². The maximum absolute atomic E-state index is 13.5. The van der Waals surface area contributed by atoms with Gasteiger partial charge in [0.1, 0.15) is 5.75 Å². The molecule has 9 heteroatoms. The van der Waals surface area contributed by atoms with Gasteiger partial charge in [-0.15, -0.1) is 0 Å². The molecule has 3 rings (SSSR count). The highest BCUT2D eigenvalue weighted by atomic mass is 35.5. The molecule has 0 saturated carbocycles. The SMILES string of the molecule is CCCCCCOc1ccc(/C=C/C(=O)N(c2ccc(OC)c(Cl)c2)S(=O)(=O)c2ccccc2)cc1OC. The van der Waals surface area contributed by atoms with Gasteiger partial charge in [-0.1, -0.05) is 62.1 Å².